The van der Waals surface area contributed by atoms with Gasteiger partial charge in [-0.1, -0.05) is 18.7 Å². The van der Waals surface area contributed by atoms with Gasteiger partial charge in [0.2, 0.25) is 0 Å². The predicted octanol–water partition coefficient (Wildman–Crippen LogP) is 3.73. The van der Waals surface area contributed by atoms with Crippen LogP contribution < -0.4 is 14.2 Å². The number of hydrogen-bond donors (Lipinski definition) is 1. The van der Waals surface area contributed by atoms with Gasteiger partial charge in [-0.3, -0.25) is 9.59 Å². The van der Waals surface area contributed by atoms with Crippen LogP contribution in [0.2, 0.25) is 0 Å². The number of Topliss-reactive ketones (excluding diaryl/α,β-unsaturated/α-hetero) is 1. The molecule has 1 aliphatic rings. The molecule has 8 heteroatoms. The number of amides is 1. The summed E-state index contributed by atoms with van der Waals surface area (Å²) in [5.74, 6) is -0.184. The van der Waals surface area contributed by atoms with Gasteiger partial charge in [-0.25, -0.2) is 0 Å². The van der Waals surface area contributed by atoms with E-state index in [0.717, 1.165) is 0 Å². The fourth-order valence-electron chi connectivity index (χ4n) is 3.80. The van der Waals surface area contributed by atoms with Crippen LogP contribution in [0.4, 0.5) is 0 Å². The normalized spacial score (nSPS) is 17.0. The fraction of sp³-hybridized carbons (Fsp3) is 0.308. The Labute approximate surface area is 199 Å². The molecule has 1 saturated heterocycles. The van der Waals surface area contributed by atoms with Crippen LogP contribution in [0.25, 0.3) is 5.76 Å². The second kappa shape index (κ2) is 11.4. The molecule has 0 aliphatic carbocycles. The molecule has 8 nitrogen and oxygen atoms in total. The molecular formula is C26H29NO7. The lowest BCUT2D eigenvalue weighted by Crippen LogP contribution is -2.32. The maximum absolute atomic E-state index is 13.1. The molecule has 0 spiro atoms. The summed E-state index contributed by atoms with van der Waals surface area (Å²) in [6, 6.07) is 11.0. The third-order valence-corrected chi connectivity index (χ3v) is 5.38. The van der Waals surface area contributed by atoms with Crippen molar-refractivity contribution < 1.29 is 33.6 Å². The van der Waals surface area contributed by atoms with E-state index < -0.39 is 17.7 Å². The number of rotatable bonds is 11. The van der Waals surface area contributed by atoms with E-state index in [4.69, 9.17) is 18.9 Å². The number of nitrogens with zero attached hydrogens (tertiary/aromatic N) is 1. The zero-order valence-corrected chi connectivity index (χ0v) is 19.6. The van der Waals surface area contributed by atoms with E-state index in [1.807, 2.05) is 6.92 Å². The van der Waals surface area contributed by atoms with E-state index in [-0.39, 0.29) is 24.5 Å². The summed E-state index contributed by atoms with van der Waals surface area (Å²) in [6.07, 6.45) is 1.61. The number of ketones is 1. The number of ether oxygens (including phenoxy) is 4. The average molecular weight is 468 g/mol. The molecule has 34 heavy (non-hydrogen) atoms. The minimum atomic E-state index is -0.830. The van der Waals surface area contributed by atoms with Crippen LogP contribution in [0.1, 0.15) is 24.1 Å². The van der Waals surface area contributed by atoms with Crippen LogP contribution in [0.5, 0.6) is 17.2 Å². The Morgan fingerprint density at radius 3 is 2.44 bits per heavy atom. The van der Waals surface area contributed by atoms with Gasteiger partial charge in [0.15, 0.2) is 11.5 Å². The van der Waals surface area contributed by atoms with Crippen LogP contribution in [-0.4, -0.2) is 62.3 Å². The number of aliphatic hydroxyl groups is 1. The van der Waals surface area contributed by atoms with Crippen molar-refractivity contribution in [2.24, 2.45) is 0 Å². The smallest absolute Gasteiger partial charge is 0.295 e. The highest BCUT2D eigenvalue weighted by molar-refractivity contribution is 6.46. The minimum absolute atomic E-state index is 0.00734. The Hall–Kier alpha value is -3.78. The zero-order chi connectivity index (χ0) is 24.7. The maximum Gasteiger partial charge on any atom is 0.295 e. The second-order valence-electron chi connectivity index (χ2n) is 7.45. The van der Waals surface area contributed by atoms with Crippen LogP contribution >= 0.6 is 0 Å². The topological polar surface area (TPSA) is 94.5 Å². The van der Waals surface area contributed by atoms with Crippen LogP contribution in [0, 0.1) is 0 Å². The number of carbonyl (C=O) groups excluding carboxylic acids is 2. The summed E-state index contributed by atoms with van der Waals surface area (Å²) < 4.78 is 21.7. The molecule has 1 heterocycles. The highest BCUT2D eigenvalue weighted by Gasteiger charge is 2.46. The molecule has 1 atom stereocenters. The van der Waals surface area contributed by atoms with E-state index in [1.54, 1.807) is 48.5 Å². The first kappa shape index (κ1) is 24.9. The van der Waals surface area contributed by atoms with Gasteiger partial charge in [-0.2, -0.15) is 0 Å². The SMILES string of the molecule is C=CCOc1ccc([C@@H]2C(=C(O)c3ccc(OCC)cc3)C(=O)C(=O)N2CCOC)cc1OC. The molecule has 1 N–H and O–H groups in total. The largest absolute Gasteiger partial charge is 0.507 e. The van der Waals surface area contributed by atoms with E-state index >= 15 is 0 Å². The Morgan fingerprint density at radius 2 is 1.82 bits per heavy atom. The molecule has 0 radical (unpaired) electrons. The first-order chi connectivity index (χ1) is 16.5. The number of methoxy groups -OCH3 is 2. The molecule has 3 rings (SSSR count). The van der Waals surface area contributed by atoms with Gasteiger partial charge in [-0.05, 0) is 48.9 Å². The van der Waals surface area contributed by atoms with Crippen LogP contribution in [0.15, 0.2) is 60.7 Å². The van der Waals surface area contributed by atoms with Crippen molar-refractivity contribution in [2.45, 2.75) is 13.0 Å². The predicted molar refractivity (Wildman–Crippen MR) is 127 cm³/mol. The molecule has 2 aromatic rings. The maximum atomic E-state index is 13.1. The summed E-state index contributed by atoms with van der Waals surface area (Å²) in [7, 11) is 3.02. The lowest BCUT2D eigenvalue weighted by Gasteiger charge is -2.25. The third kappa shape index (κ3) is 5.07. The van der Waals surface area contributed by atoms with Crippen LogP contribution in [-0.2, 0) is 14.3 Å². The highest BCUT2D eigenvalue weighted by atomic mass is 16.5. The second-order valence-corrected chi connectivity index (χ2v) is 7.45. The third-order valence-electron chi connectivity index (χ3n) is 5.38. The Bertz CT molecular complexity index is 1080. The van der Waals surface area contributed by atoms with Gasteiger partial charge in [0.1, 0.15) is 18.1 Å². The van der Waals surface area contributed by atoms with Crippen molar-refractivity contribution in [1.82, 2.24) is 4.90 Å². The quantitative estimate of drug-likeness (QED) is 0.233. The first-order valence-electron chi connectivity index (χ1n) is 10.9. The average Bonchev–Trinajstić information content (AvgIpc) is 3.11. The first-order valence-corrected chi connectivity index (χ1v) is 10.9. The molecule has 1 aliphatic heterocycles. The van der Waals surface area contributed by atoms with Crippen molar-refractivity contribution >= 4 is 17.4 Å². The van der Waals surface area contributed by atoms with Gasteiger partial charge in [0, 0.05) is 19.2 Å². The minimum Gasteiger partial charge on any atom is -0.507 e. The van der Waals surface area contributed by atoms with Crippen LogP contribution in [0.3, 0.4) is 0 Å². The summed E-state index contributed by atoms with van der Waals surface area (Å²) in [5.41, 5.74) is 0.980. The van der Waals surface area contributed by atoms with E-state index in [0.29, 0.717) is 41.6 Å². The standard InChI is InChI=1S/C26H29NO7/c1-5-14-34-20-12-9-18(16-21(20)32-4)23-22(25(29)26(30)27(23)13-15-31-3)24(28)17-7-10-19(11-8-17)33-6-2/h5,7-12,16,23,28H,1,6,13-15H2,2-4H3/t23-/m1/s1. The molecule has 0 bridgehead atoms. The Balaban J connectivity index is 2.11. The lowest BCUT2D eigenvalue weighted by atomic mass is 9.95. The number of likely N-dealkylation sites (tertiary alicyclic amines) is 1. The monoisotopic (exact) mass is 467 g/mol. The molecule has 0 aromatic heterocycles. The zero-order valence-electron chi connectivity index (χ0n) is 19.6. The molecule has 0 unspecified atom stereocenters. The molecular weight excluding hydrogens is 438 g/mol. The van der Waals surface area contributed by atoms with E-state index in [2.05, 4.69) is 6.58 Å². The van der Waals surface area contributed by atoms with Gasteiger partial charge in [0.25, 0.3) is 11.7 Å². The number of benzene rings is 2. The Kier molecular flexibility index (Phi) is 8.32. The summed E-state index contributed by atoms with van der Waals surface area (Å²) in [5, 5.41) is 11.1. The molecule has 2 aromatic carbocycles. The van der Waals surface area contributed by atoms with E-state index in [9.17, 15) is 14.7 Å². The highest BCUT2D eigenvalue weighted by Crippen LogP contribution is 2.42. The van der Waals surface area contributed by atoms with E-state index in [1.165, 1.54) is 19.1 Å². The number of aliphatic hydroxyl groups excluding tert-OH is 1. The van der Waals surface area contributed by atoms with Gasteiger partial charge < -0.3 is 29.0 Å². The number of carbonyl (C=O) groups is 2. The van der Waals surface area contributed by atoms with Crippen molar-refractivity contribution in [3.05, 3.63) is 71.8 Å². The summed E-state index contributed by atoms with van der Waals surface area (Å²) >= 11 is 0. The van der Waals surface area contributed by atoms with Crippen molar-refractivity contribution in [3.8, 4) is 17.2 Å². The molecule has 0 saturated carbocycles. The number of hydrogen-bond acceptors (Lipinski definition) is 7. The Morgan fingerprint density at radius 1 is 1.09 bits per heavy atom. The van der Waals surface area contributed by atoms with Gasteiger partial charge in [-0.15, -0.1) is 0 Å². The van der Waals surface area contributed by atoms with Crippen molar-refractivity contribution in [2.75, 3.05) is 40.6 Å². The fourth-order valence-corrected chi connectivity index (χ4v) is 3.80. The summed E-state index contributed by atoms with van der Waals surface area (Å²) in [6.45, 7) is 6.70. The molecule has 1 amide bonds. The van der Waals surface area contributed by atoms with Gasteiger partial charge >= 0.3 is 0 Å². The van der Waals surface area contributed by atoms with Crippen molar-refractivity contribution in [1.29, 1.82) is 0 Å². The van der Waals surface area contributed by atoms with Gasteiger partial charge in [0.05, 0.1) is 31.9 Å². The molecule has 1 fully saturated rings. The lowest BCUT2D eigenvalue weighted by molar-refractivity contribution is -0.140. The summed E-state index contributed by atoms with van der Waals surface area (Å²) in [4.78, 5) is 27.4. The van der Waals surface area contributed by atoms with Crippen molar-refractivity contribution in [3.63, 3.8) is 0 Å². The molecule has 180 valence electrons.